The largest absolute Gasteiger partial charge is 0.473 e. The summed E-state index contributed by atoms with van der Waals surface area (Å²) in [5.74, 6) is 0.627. The molecule has 0 spiro atoms. The first kappa shape index (κ1) is 15.1. The Morgan fingerprint density at radius 1 is 1.20 bits per heavy atom. The van der Waals surface area contributed by atoms with E-state index in [1.807, 2.05) is 37.3 Å². The fraction of sp³-hybridized carbons (Fsp3) is 0.267. The van der Waals surface area contributed by atoms with Crippen molar-refractivity contribution in [1.82, 2.24) is 10.3 Å². The minimum Gasteiger partial charge on any atom is -0.473 e. The van der Waals surface area contributed by atoms with E-state index in [2.05, 4.69) is 10.3 Å². The predicted molar refractivity (Wildman–Crippen MR) is 82.5 cm³/mol. The van der Waals surface area contributed by atoms with Crippen molar-refractivity contribution in [3.05, 3.63) is 58.2 Å². The van der Waals surface area contributed by atoms with Crippen LogP contribution in [0.15, 0.2) is 42.6 Å². The van der Waals surface area contributed by atoms with Crippen molar-refractivity contribution in [3.63, 3.8) is 0 Å². The standard InChI is InChI=1S/C15H16Cl2N2O/c1-11(20-14-7-2-3-8-19-14)9-18-10-12-5-4-6-13(16)15(12)17/h2-8,11,18H,9-10H2,1H3. The summed E-state index contributed by atoms with van der Waals surface area (Å²) in [6.45, 7) is 3.33. The zero-order chi connectivity index (χ0) is 14.4. The lowest BCUT2D eigenvalue weighted by atomic mass is 10.2. The molecule has 1 N–H and O–H groups in total. The fourth-order valence-electron chi connectivity index (χ4n) is 1.76. The third kappa shape index (κ3) is 4.37. The molecule has 0 aliphatic carbocycles. The fourth-order valence-corrected chi connectivity index (χ4v) is 2.15. The molecule has 2 aromatic rings. The van der Waals surface area contributed by atoms with Crippen LogP contribution in [0.5, 0.6) is 5.88 Å². The second-order valence-electron chi connectivity index (χ2n) is 4.44. The number of nitrogens with zero attached hydrogens (tertiary/aromatic N) is 1. The minimum absolute atomic E-state index is 0.0165. The highest BCUT2D eigenvalue weighted by molar-refractivity contribution is 6.42. The molecule has 0 amide bonds. The van der Waals surface area contributed by atoms with Gasteiger partial charge >= 0.3 is 0 Å². The lowest BCUT2D eigenvalue weighted by molar-refractivity contribution is 0.208. The number of ether oxygens (including phenoxy) is 1. The van der Waals surface area contributed by atoms with Gasteiger partial charge in [0.2, 0.25) is 5.88 Å². The maximum atomic E-state index is 6.13. The number of rotatable bonds is 6. The summed E-state index contributed by atoms with van der Waals surface area (Å²) < 4.78 is 5.67. The molecule has 0 fully saturated rings. The monoisotopic (exact) mass is 310 g/mol. The molecular formula is C15H16Cl2N2O. The molecule has 1 aromatic carbocycles. The van der Waals surface area contributed by atoms with Crippen LogP contribution in [0.3, 0.4) is 0 Å². The van der Waals surface area contributed by atoms with Gasteiger partial charge in [0, 0.05) is 25.4 Å². The number of halogens is 2. The van der Waals surface area contributed by atoms with Crippen molar-refractivity contribution in [2.24, 2.45) is 0 Å². The van der Waals surface area contributed by atoms with Gasteiger partial charge in [-0.2, -0.15) is 0 Å². The Kier molecular flexibility index (Phi) is 5.65. The maximum absolute atomic E-state index is 6.13. The van der Waals surface area contributed by atoms with E-state index in [0.29, 0.717) is 29.0 Å². The van der Waals surface area contributed by atoms with Crippen LogP contribution in [0.25, 0.3) is 0 Å². The Bertz CT molecular complexity index is 549. The number of nitrogens with one attached hydrogen (secondary N) is 1. The van der Waals surface area contributed by atoms with Gasteiger partial charge in [0.1, 0.15) is 6.10 Å². The molecule has 106 valence electrons. The molecule has 1 atom stereocenters. The molecule has 0 radical (unpaired) electrons. The number of benzene rings is 1. The number of pyridine rings is 1. The maximum Gasteiger partial charge on any atom is 0.213 e. The molecule has 1 aromatic heterocycles. The van der Waals surface area contributed by atoms with Crippen LogP contribution in [-0.2, 0) is 6.54 Å². The van der Waals surface area contributed by atoms with Crippen LogP contribution in [-0.4, -0.2) is 17.6 Å². The van der Waals surface area contributed by atoms with Gasteiger partial charge in [-0.05, 0) is 24.6 Å². The normalized spacial score (nSPS) is 12.2. The van der Waals surface area contributed by atoms with Crippen LogP contribution in [0, 0.1) is 0 Å². The number of aromatic nitrogens is 1. The molecule has 0 saturated carbocycles. The number of hydrogen-bond acceptors (Lipinski definition) is 3. The molecule has 20 heavy (non-hydrogen) atoms. The van der Waals surface area contributed by atoms with Crippen LogP contribution in [0.2, 0.25) is 10.0 Å². The van der Waals surface area contributed by atoms with Gasteiger partial charge in [-0.1, -0.05) is 41.4 Å². The minimum atomic E-state index is 0.0165. The van der Waals surface area contributed by atoms with E-state index >= 15 is 0 Å². The number of hydrogen-bond donors (Lipinski definition) is 1. The Labute approximate surface area is 128 Å². The topological polar surface area (TPSA) is 34.1 Å². The van der Waals surface area contributed by atoms with Gasteiger partial charge in [0.15, 0.2) is 0 Å². The van der Waals surface area contributed by atoms with Crippen molar-refractivity contribution in [3.8, 4) is 5.88 Å². The van der Waals surface area contributed by atoms with Gasteiger partial charge in [-0.15, -0.1) is 0 Å². The average Bonchev–Trinajstić information content (AvgIpc) is 2.44. The van der Waals surface area contributed by atoms with Crippen LogP contribution in [0.1, 0.15) is 12.5 Å². The SMILES string of the molecule is CC(CNCc1cccc(Cl)c1Cl)Oc1ccccn1. The highest BCUT2D eigenvalue weighted by Crippen LogP contribution is 2.25. The Hall–Kier alpha value is -1.29. The lowest BCUT2D eigenvalue weighted by Crippen LogP contribution is -2.28. The molecule has 5 heteroatoms. The second kappa shape index (κ2) is 7.48. The van der Waals surface area contributed by atoms with Crippen LogP contribution in [0.4, 0.5) is 0 Å². The zero-order valence-corrected chi connectivity index (χ0v) is 12.7. The summed E-state index contributed by atoms with van der Waals surface area (Å²) in [6, 6.07) is 11.2. The third-order valence-electron chi connectivity index (χ3n) is 2.74. The van der Waals surface area contributed by atoms with Gasteiger partial charge < -0.3 is 10.1 Å². The molecule has 0 bridgehead atoms. The van der Waals surface area contributed by atoms with Gasteiger partial charge in [-0.25, -0.2) is 4.98 Å². The van der Waals surface area contributed by atoms with Crippen LogP contribution >= 0.6 is 23.2 Å². The first-order chi connectivity index (χ1) is 9.66. The van der Waals surface area contributed by atoms with E-state index < -0.39 is 0 Å². The van der Waals surface area contributed by atoms with Gasteiger partial charge in [0.05, 0.1) is 10.0 Å². The van der Waals surface area contributed by atoms with Crippen molar-refractivity contribution in [2.75, 3.05) is 6.54 Å². The van der Waals surface area contributed by atoms with E-state index in [1.165, 1.54) is 0 Å². The van der Waals surface area contributed by atoms with E-state index in [9.17, 15) is 0 Å². The van der Waals surface area contributed by atoms with Crippen molar-refractivity contribution < 1.29 is 4.74 Å². The van der Waals surface area contributed by atoms with Gasteiger partial charge in [-0.3, -0.25) is 0 Å². The second-order valence-corrected chi connectivity index (χ2v) is 5.23. The summed E-state index contributed by atoms with van der Waals surface area (Å²) in [5.41, 5.74) is 0.976. The Morgan fingerprint density at radius 2 is 2.05 bits per heavy atom. The van der Waals surface area contributed by atoms with E-state index in [1.54, 1.807) is 12.3 Å². The summed E-state index contributed by atoms with van der Waals surface area (Å²) in [6.07, 6.45) is 1.73. The molecule has 0 aliphatic rings. The van der Waals surface area contributed by atoms with E-state index in [0.717, 1.165) is 5.56 Å². The summed E-state index contributed by atoms with van der Waals surface area (Å²) in [7, 11) is 0. The zero-order valence-electron chi connectivity index (χ0n) is 11.1. The van der Waals surface area contributed by atoms with E-state index in [4.69, 9.17) is 27.9 Å². The summed E-state index contributed by atoms with van der Waals surface area (Å²) >= 11 is 12.1. The third-order valence-corrected chi connectivity index (χ3v) is 3.60. The summed E-state index contributed by atoms with van der Waals surface area (Å²) in [5, 5.41) is 4.46. The molecule has 1 heterocycles. The predicted octanol–water partition coefficient (Wildman–Crippen LogP) is 3.95. The van der Waals surface area contributed by atoms with Crippen molar-refractivity contribution in [2.45, 2.75) is 19.6 Å². The summed E-state index contributed by atoms with van der Waals surface area (Å²) in [4.78, 5) is 4.12. The first-order valence-corrected chi connectivity index (χ1v) is 7.13. The molecule has 2 rings (SSSR count). The highest BCUT2D eigenvalue weighted by atomic mass is 35.5. The molecule has 0 saturated heterocycles. The van der Waals surface area contributed by atoms with Crippen LogP contribution < -0.4 is 10.1 Å². The van der Waals surface area contributed by atoms with E-state index in [-0.39, 0.29) is 6.10 Å². The van der Waals surface area contributed by atoms with Crippen molar-refractivity contribution in [1.29, 1.82) is 0 Å². The quantitative estimate of drug-likeness (QED) is 0.877. The average molecular weight is 311 g/mol. The Morgan fingerprint density at radius 3 is 2.80 bits per heavy atom. The lowest BCUT2D eigenvalue weighted by Gasteiger charge is -2.15. The first-order valence-electron chi connectivity index (χ1n) is 6.38. The van der Waals surface area contributed by atoms with Crippen molar-refractivity contribution >= 4 is 23.2 Å². The molecular weight excluding hydrogens is 295 g/mol. The molecule has 1 unspecified atom stereocenters. The molecule has 3 nitrogen and oxygen atoms in total. The Balaban J connectivity index is 1.79. The highest BCUT2D eigenvalue weighted by Gasteiger charge is 2.07. The smallest absolute Gasteiger partial charge is 0.213 e. The molecule has 0 aliphatic heterocycles. The van der Waals surface area contributed by atoms with Gasteiger partial charge in [0.25, 0.3) is 0 Å².